The minimum atomic E-state index is -0.501. The Morgan fingerprint density at radius 3 is 2.44 bits per heavy atom. The summed E-state index contributed by atoms with van der Waals surface area (Å²) in [7, 11) is 0. The molecule has 0 aliphatic carbocycles. The lowest BCUT2D eigenvalue weighted by Gasteiger charge is -2.27. The van der Waals surface area contributed by atoms with Gasteiger partial charge in [0.15, 0.2) is 0 Å². The van der Waals surface area contributed by atoms with Crippen molar-refractivity contribution in [1.29, 1.82) is 0 Å². The Balaban J connectivity index is 2.44. The molecule has 0 bridgehead atoms. The van der Waals surface area contributed by atoms with E-state index < -0.39 is 6.10 Å². The molecule has 1 rings (SSSR count). The maximum absolute atomic E-state index is 9.93. The lowest BCUT2D eigenvalue weighted by atomic mass is 10.0. The van der Waals surface area contributed by atoms with Gasteiger partial charge in [0.25, 0.3) is 0 Å². The number of nitrogens with one attached hydrogen (secondary N) is 1. The van der Waals surface area contributed by atoms with Gasteiger partial charge in [0.2, 0.25) is 0 Å². The van der Waals surface area contributed by atoms with E-state index in [0.29, 0.717) is 13.0 Å². The summed E-state index contributed by atoms with van der Waals surface area (Å²) >= 11 is 0. The molecule has 0 aromatic heterocycles. The zero-order chi connectivity index (χ0) is 12.0. The molecule has 16 heavy (non-hydrogen) atoms. The van der Waals surface area contributed by atoms with Crippen LogP contribution in [0.25, 0.3) is 0 Å². The fourth-order valence-electron chi connectivity index (χ4n) is 1.53. The maximum Gasteiger partial charge on any atom is 0.0914 e. The van der Waals surface area contributed by atoms with Crippen LogP contribution >= 0.6 is 0 Å². The largest absolute Gasteiger partial charge is 0.396 e. The predicted octanol–water partition coefficient (Wildman–Crippen LogP) is 1.47. The third kappa shape index (κ3) is 4.31. The zero-order valence-electron chi connectivity index (χ0n) is 9.98. The van der Waals surface area contributed by atoms with E-state index in [9.17, 15) is 5.11 Å². The molecule has 3 heteroatoms. The minimum absolute atomic E-state index is 0.148. The topological polar surface area (TPSA) is 52.5 Å². The molecule has 1 aromatic rings. The van der Waals surface area contributed by atoms with Crippen molar-refractivity contribution in [2.75, 3.05) is 13.2 Å². The molecule has 90 valence electrons. The Morgan fingerprint density at radius 1 is 1.25 bits per heavy atom. The van der Waals surface area contributed by atoms with Crippen molar-refractivity contribution in [3.8, 4) is 0 Å². The van der Waals surface area contributed by atoms with E-state index in [1.807, 2.05) is 44.2 Å². The highest BCUT2D eigenvalue weighted by atomic mass is 16.3. The van der Waals surface area contributed by atoms with Crippen molar-refractivity contribution in [3.63, 3.8) is 0 Å². The van der Waals surface area contributed by atoms with Crippen LogP contribution < -0.4 is 5.32 Å². The molecule has 0 spiro atoms. The summed E-state index contributed by atoms with van der Waals surface area (Å²) in [4.78, 5) is 0. The SMILES string of the molecule is CC(C)(CCO)NCC(O)c1ccccc1. The van der Waals surface area contributed by atoms with Crippen LogP contribution in [0, 0.1) is 0 Å². The predicted molar refractivity (Wildman–Crippen MR) is 65.2 cm³/mol. The first-order valence-corrected chi connectivity index (χ1v) is 5.64. The molecule has 1 aromatic carbocycles. The van der Waals surface area contributed by atoms with Gasteiger partial charge in [0, 0.05) is 18.7 Å². The summed E-state index contributed by atoms with van der Waals surface area (Å²) in [5.74, 6) is 0. The molecule has 0 amide bonds. The zero-order valence-corrected chi connectivity index (χ0v) is 9.98. The van der Waals surface area contributed by atoms with Crippen molar-refractivity contribution in [2.45, 2.75) is 31.9 Å². The molecule has 0 aliphatic rings. The third-order valence-electron chi connectivity index (χ3n) is 2.70. The standard InChI is InChI=1S/C13H21NO2/c1-13(2,8-9-15)14-10-12(16)11-6-4-3-5-7-11/h3-7,12,14-16H,8-10H2,1-2H3. The van der Waals surface area contributed by atoms with E-state index in [1.165, 1.54) is 0 Å². The molecule has 1 atom stereocenters. The summed E-state index contributed by atoms with van der Waals surface area (Å²) in [6.45, 7) is 4.68. The average molecular weight is 223 g/mol. The first-order chi connectivity index (χ1) is 7.55. The lowest BCUT2D eigenvalue weighted by molar-refractivity contribution is 0.151. The first-order valence-electron chi connectivity index (χ1n) is 5.64. The molecule has 3 N–H and O–H groups in total. The monoisotopic (exact) mass is 223 g/mol. The van der Waals surface area contributed by atoms with Gasteiger partial charge in [-0.25, -0.2) is 0 Å². The molecule has 3 nitrogen and oxygen atoms in total. The Labute approximate surface area is 97.1 Å². The number of aliphatic hydroxyl groups is 2. The normalized spacial score (nSPS) is 13.8. The number of β-amino-alcohol motifs (C(OH)–C–C–N with tert-alkyl or cyclic N) is 1. The van der Waals surface area contributed by atoms with Gasteiger partial charge in [0.05, 0.1) is 6.10 Å². The Kier molecular flexibility index (Phi) is 4.93. The molecule has 0 saturated carbocycles. The minimum Gasteiger partial charge on any atom is -0.396 e. The van der Waals surface area contributed by atoms with E-state index in [2.05, 4.69) is 5.32 Å². The smallest absolute Gasteiger partial charge is 0.0914 e. The number of benzene rings is 1. The summed E-state index contributed by atoms with van der Waals surface area (Å²) in [6, 6.07) is 9.57. The number of hydrogen-bond donors (Lipinski definition) is 3. The van der Waals surface area contributed by atoms with Crippen LogP contribution in [-0.2, 0) is 0 Å². The van der Waals surface area contributed by atoms with E-state index >= 15 is 0 Å². The van der Waals surface area contributed by atoms with E-state index in [0.717, 1.165) is 5.56 Å². The second kappa shape index (κ2) is 5.99. The van der Waals surface area contributed by atoms with Crippen LogP contribution in [0.2, 0.25) is 0 Å². The molecule has 0 radical (unpaired) electrons. The molecule has 0 aliphatic heterocycles. The van der Waals surface area contributed by atoms with Crippen molar-refractivity contribution in [3.05, 3.63) is 35.9 Å². The van der Waals surface area contributed by atoms with Crippen LogP contribution in [-0.4, -0.2) is 28.9 Å². The molecular weight excluding hydrogens is 202 g/mol. The fourth-order valence-corrected chi connectivity index (χ4v) is 1.53. The van der Waals surface area contributed by atoms with Crippen molar-refractivity contribution < 1.29 is 10.2 Å². The van der Waals surface area contributed by atoms with E-state index in [-0.39, 0.29) is 12.1 Å². The molecular formula is C13H21NO2. The molecule has 1 unspecified atom stereocenters. The van der Waals surface area contributed by atoms with Crippen LogP contribution in [0.3, 0.4) is 0 Å². The van der Waals surface area contributed by atoms with Gasteiger partial charge in [-0.2, -0.15) is 0 Å². The second-order valence-corrected chi connectivity index (χ2v) is 4.66. The van der Waals surface area contributed by atoms with Crippen molar-refractivity contribution >= 4 is 0 Å². The van der Waals surface area contributed by atoms with Gasteiger partial charge >= 0.3 is 0 Å². The second-order valence-electron chi connectivity index (χ2n) is 4.66. The van der Waals surface area contributed by atoms with Gasteiger partial charge < -0.3 is 15.5 Å². The fraction of sp³-hybridized carbons (Fsp3) is 0.538. The van der Waals surface area contributed by atoms with Crippen LogP contribution in [0.1, 0.15) is 31.9 Å². The van der Waals surface area contributed by atoms with Crippen molar-refractivity contribution in [1.82, 2.24) is 5.32 Å². The maximum atomic E-state index is 9.93. The average Bonchev–Trinajstić information content (AvgIpc) is 2.27. The first kappa shape index (κ1) is 13.2. The quantitative estimate of drug-likeness (QED) is 0.684. The lowest BCUT2D eigenvalue weighted by Crippen LogP contribution is -2.42. The van der Waals surface area contributed by atoms with E-state index in [4.69, 9.17) is 5.11 Å². The van der Waals surface area contributed by atoms with Crippen LogP contribution in [0.15, 0.2) is 30.3 Å². The van der Waals surface area contributed by atoms with Gasteiger partial charge in [-0.3, -0.25) is 0 Å². The van der Waals surface area contributed by atoms with E-state index in [1.54, 1.807) is 0 Å². The van der Waals surface area contributed by atoms with Gasteiger partial charge in [0.1, 0.15) is 0 Å². The third-order valence-corrected chi connectivity index (χ3v) is 2.70. The number of hydrogen-bond acceptors (Lipinski definition) is 3. The van der Waals surface area contributed by atoms with Gasteiger partial charge in [-0.1, -0.05) is 30.3 Å². The molecule has 0 saturated heterocycles. The highest BCUT2D eigenvalue weighted by molar-refractivity contribution is 5.17. The Hall–Kier alpha value is -0.900. The Bertz CT molecular complexity index is 298. The summed E-state index contributed by atoms with van der Waals surface area (Å²) in [5, 5.41) is 22.1. The molecule has 0 heterocycles. The molecule has 0 fully saturated rings. The highest BCUT2D eigenvalue weighted by Crippen LogP contribution is 2.13. The van der Waals surface area contributed by atoms with Crippen LogP contribution in [0.4, 0.5) is 0 Å². The van der Waals surface area contributed by atoms with Gasteiger partial charge in [-0.05, 0) is 25.8 Å². The summed E-state index contributed by atoms with van der Waals surface area (Å²) in [6.07, 6.45) is 0.174. The summed E-state index contributed by atoms with van der Waals surface area (Å²) < 4.78 is 0. The number of rotatable bonds is 6. The highest BCUT2D eigenvalue weighted by Gasteiger charge is 2.18. The van der Waals surface area contributed by atoms with Gasteiger partial charge in [-0.15, -0.1) is 0 Å². The number of aliphatic hydroxyl groups excluding tert-OH is 2. The summed E-state index contributed by atoms with van der Waals surface area (Å²) in [5.41, 5.74) is 0.764. The van der Waals surface area contributed by atoms with Crippen molar-refractivity contribution in [2.24, 2.45) is 0 Å². The Morgan fingerprint density at radius 2 is 1.88 bits per heavy atom. The van der Waals surface area contributed by atoms with Crippen LogP contribution in [0.5, 0.6) is 0 Å².